The Hall–Kier alpha value is -1.62. The second-order valence-electron chi connectivity index (χ2n) is 3.50. The Morgan fingerprint density at radius 1 is 1.44 bits per heavy atom. The second-order valence-corrected chi connectivity index (χ2v) is 3.87. The molecule has 1 aromatic carbocycles. The van der Waals surface area contributed by atoms with Crippen molar-refractivity contribution in [2.75, 3.05) is 7.11 Å². The molecule has 0 atom stereocenters. The zero-order valence-electron chi connectivity index (χ0n) is 9.23. The number of aryl methyl sites for hydroxylation is 1. The van der Waals surface area contributed by atoms with E-state index in [0.717, 1.165) is 17.1 Å². The molecule has 84 valence electrons. The Balaban J connectivity index is 2.30. The van der Waals surface area contributed by atoms with Crippen molar-refractivity contribution in [1.82, 2.24) is 14.8 Å². The lowest BCUT2D eigenvalue weighted by Crippen LogP contribution is -1.96. The molecule has 0 aliphatic rings. The number of benzene rings is 1. The van der Waals surface area contributed by atoms with Gasteiger partial charge in [0.25, 0.3) is 0 Å². The lowest BCUT2D eigenvalue weighted by Gasteiger charge is -2.05. The van der Waals surface area contributed by atoms with Crippen molar-refractivity contribution in [2.45, 2.75) is 6.42 Å². The third-order valence-electron chi connectivity index (χ3n) is 2.36. The number of hydrogen-bond acceptors (Lipinski definition) is 3. The maximum atomic E-state index is 5.28. The lowest BCUT2D eigenvalue weighted by atomic mass is 10.1. The molecule has 0 amide bonds. The van der Waals surface area contributed by atoms with E-state index in [-0.39, 0.29) is 0 Å². The van der Waals surface area contributed by atoms with E-state index in [1.54, 1.807) is 11.8 Å². The number of H-pyrrole nitrogens is 1. The predicted octanol–water partition coefficient (Wildman–Crippen LogP) is 2.08. The first-order valence-electron chi connectivity index (χ1n) is 4.94. The second kappa shape index (κ2) is 4.49. The van der Waals surface area contributed by atoms with Crippen LogP contribution in [-0.4, -0.2) is 21.9 Å². The third-order valence-corrected chi connectivity index (χ3v) is 2.73. The van der Waals surface area contributed by atoms with Gasteiger partial charge >= 0.3 is 0 Å². The molecule has 0 aliphatic heterocycles. The number of methoxy groups -OCH3 is 1. The SMILES string of the molecule is COc1ccccc1Cc1nc(=S)n(C)[nH]1. The highest BCUT2D eigenvalue weighted by Crippen LogP contribution is 2.19. The van der Waals surface area contributed by atoms with Crippen LogP contribution >= 0.6 is 12.2 Å². The maximum absolute atomic E-state index is 5.28. The average Bonchev–Trinajstić information content (AvgIpc) is 2.59. The van der Waals surface area contributed by atoms with Gasteiger partial charge in [-0.15, -0.1) is 0 Å². The number of rotatable bonds is 3. The minimum atomic E-state index is 0.560. The fourth-order valence-electron chi connectivity index (χ4n) is 1.57. The number of hydrogen-bond donors (Lipinski definition) is 1. The molecular weight excluding hydrogens is 222 g/mol. The Bertz CT molecular complexity index is 544. The van der Waals surface area contributed by atoms with E-state index in [1.165, 1.54) is 0 Å². The minimum absolute atomic E-state index is 0.560. The summed E-state index contributed by atoms with van der Waals surface area (Å²) < 4.78 is 7.56. The van der Waals surface area contributed by atoms with Crippen molar-refractivity contribution in [2.24, 2.45) is 7.05 Å². The summed E-state index contributed by atoms with van der Waals surface area (Å²) in [5, 5.41) is 3.09. The monoisotopic (exact) mass is 235 g/mol. The van der Waals surface area contributed by atoms with E-state index in [0.29, 0.717) is 11.2 Å². The third kappa shape index (κ3) is 2.14. The van der Waals surface area contributed by atoms with E-state index in [9.17, 15) is 0 Å². The van der Waals surface area contributed by atoms with E-state index in [1.807, 2.05) is 31.3 Å². The molecule has 1 N–H and O–H groups in total. The molecule has 1 heterocycles. The summed E-state index contributed by atoms with van der Waals surface area (Å²) in [5.74, 6) is 1.71. The Kier molecular flexibility index (Phi) is 3.05. The number of ether oxygens (including phenoxy) is 1. The van der Waals surface area contributed by atoms with Gasteiger partial charge in [0, 0.05) is 19.0 Å². The standard InChI is InChI=1S/C11H13N3OS/c1-14-11(16)12-10(13-14)7-8-5-3-4-6-9(8)15-2/h3-6H,7H2,1-2H3,(H,12,13,16). The quantitative estimate of drug-likeness (QED) is 0.828. The minimum Gasteiger partial charge on any atom is -0.496 e. The zero-order chi connectivity index (χ0) is 11.5. The van der Waals surface area contributed by atoms with Crippen LogP contribution in [0.15, 0.2) is 24.3 Å². The van der Waals surface area contributed by atoms with Crippen LogP contribution in [0.5, 0.6) is 5.75 Å². The van der Waals surface area contributed by atoms with Gasteiger partial charge in [0.05, 0.1) is 7.11 Å². The Labute approximate surface area is 98.9 Å². The molecule has 0 spiro atoms. The number of nitrogens with one attached hydrogen (secondary N) is 1. The highest BCUT2D eigenvalue weighted by Gasteiger charge is 2.05. The molecule has 0 saturated heterocycles. The van der Waals surface area contributed by atoms with Crippen LogP contribution < -0.4 is 4.74 Å². The van der Waals surface area contributed by atoms with Gasteiger partial charge in [-0.05, 0) is 18.3 Å². The molecule has 4 nitrogen and oxygen atoms in total. The smallest absolute Gasteiger partial charge is 0.215 e. The fourth-order valence-corrected chi connectivity index (χ4v) is 1.72. The average molecular weight is 235 g/mol. The molecule has 0 bridgehead atoms. The van der Waals surface area contributed by atoms with E-state index >= 15 is 0 Å². The first-order chi connectivity index (χ1) is 7.70. The molecule has 0 fully saturated rings. The van der Waals surface area contributed by atoms with Gasteiger partial charge in [-0.3, -0.25) is 9.78 Å². The summed E-state index contributed by atoms with van der Waals surface area (Å²) in [7, 11) is 3.51. The molecule has 1 aromatic heterocycles. The van der Waals surface area contributed by atoms with Crippen LogP contribution in [0.25, 0.3) is 0 Å². The predicted molar refractivity (Wildman–Crippen MR) is 64.2 cm³/mol. The first kappa shape index (κ1) is 10.9. The van der Waals surface area contributed by atoms with Crippen LogP contribution in [-0.2, 0) is 13.5 Å². The summed E-state index contributed by atoms with van der Waals surface area (Å²) in [6, 6.07) is 7.88. The highest BCUT2D eigenvalue weighted by molar-refractivity contribution is 7.71. The molecule has 0 radical (unpaired) electrons. The topological polar surface area (TPSA) is 42.8 Å². The van der Waals surface area contributed by atoms with Gasteiger partial charge in [0.15, 0.2) is 0 Å². The van der Waals surface area contributed by atoms with Crippen molar-refractivity contribution < 1.29 is 4.74 Å². The summed E-state index contributed by atoms with van der Waals surface area (Å²) in [6.45, 7) is 0. The number of aromatic nitrogens is 3. The van der Waals surface area contributed by atoms with Gasteiger partial charge in [0.1, 0.15) is 11.6 Å². The molecular formula is C11H13N3OS. The highest BCUT2D eigenvalue weighted by atomic mass is 32.1. The van der Waals surface area contributed by atoms with Gasteiger partial charge in [0.2, 0.25) is 4.77 Å². The zero-order valence-corrected chi connectivity index (χ0v) is 10.0. The summed E-state index contributed by atoms with van der Waals surface area (Å²) >= 11 is 5.04. The largest absolute Gasteiger partial charge is 0.496 e. The normalized spacial score (nSPS) is 10.4. The fraction of sp³-hybridized carbons (Fsp3) is 0.273. The van der Waals surface area contributed by atoms with Gasteiger partial charge < -0.3 is 4.74 Å². The van der Waals surface area contributed by atoms with Crippen molar-refractivity contribution in [1.29, 1.82) is 0 Å². The number of nitrogens with zero attached hydrogens (tertiary/aromatic N) is 2. The van der Waals surface area contributed by atoms with Crippen LogP contribution in [0, 0.1) is 4.77 Å². The van der Waals surface area contributed by atoms with Crippen molar-refractivity contribution in [3.05, 3.63) is 40.4 Å². The summed E-state index contributed by atoms with van der Waals surface area (Å²) in [5.41, 5.74) is 1.09. The summed E-state index contributed by atoms with van der Waals surface area (Å²) in [4.78, 5) is 4.25. The number of para-hydroxylation sites is 1. The molecule has 0 saturated carbocycles. The lowest BCUT2D eigenvalue weighted by molar-refractivity contribution is 0.410. The van der Waals surface area contributed by atoms with E-state index in [4.69, 9.17) is 17.0 Å². The van der Waals surface area contributed by atoms with Gasteiger partial charge in [-0.1, -0.05) is 18.2 Å². The van der Waals surface area contributed by atoms with Crippen molar-refractivity contribution in [3.63, 3.8) is 0 Å². The van der Waals surface area contributed by atoms with Gasteiger partial charge in [-0.2, -0.15) is 0 Å². The van der Waals surface area contributed by atoms with Crippen LogP contribution in [0.3, 0.4) is 0 Å². The molecule has 2 rings (SSSR count). The molecule has 5 heteroatoms. The first-order valence-corrected chi connectivity index (χ1v) is 5.35. The molecule has 0 aliphatic carbocycles. The van der Waals surface area contributed by atoms with Crippen molar-refractivity contribution >= 4 is 12.2 Å². The van der Waals surface area contributed by atoms with Crippen LogP contribution in [0.4, 0.5) is 0 Å². The van der Waals surface area contributed by atoms with Crippen LogP contribution in [0.2, 0.25) is 0 Å². The van der Waals surface area contributed by atoms with E-state index in [2.05, 4.69) is 10.1 Å². The number of aromatic amines is 1. The van der Waals surface area contributed by atoms with Gasteiger partial charge in [-0.25, -0.2) is 4.98 Å². The Morgan fingerprint density at radius 3 is 2.81 bits per heavy atom. The molecule has 16 heavy (non-hydrogen) atoms. The Morgan fingerprint density at radius 2 is 2.19 bits per heavy atom. The molecule has 2 aromatic rings. The molecule has 0 unspecified atom stereocenters. The van der Waals surface area contributed by atoms with Crippen LogP contribution in [0.1, 0.15) is 11.4 Å². The van der Waals surface area contributed by atoms with E-state index < -0.39 is 0 Å². The summed E-state index contributed by atoms with van der Waals surface area (Å²) in [6.07, 6.45) is 0.689. The van der Waals surface area contributed by atoms with Crippen molar-refractivity contribution in [3.8, 4) is 5.75 Å². The maximum Gasteiger partial charge on any atom is 0.215 e.